The number of aromatic nitrogens is 1. The van der Waals surface area contributed by atoms with Gasteiger partial charge >= 0.3 is 0 Å². The van der Waals surface area contributed by atoms with E-state index in [1.165, 1.54) is 23.5 Å². The number of nitrogens with one attached hydrogen (secondary N) is 1. The highest BCUT2D eigenvalue weighted by Crippen LogP contribution is 2.40. The van der Waals surface area contributed by atoms with Gasteiger partial charge in [-0.25, -0.2) is 4.39 Å². The molecule has 2 rings (SSSR count). The van der Waals surface area contributed by atoms with Crippen LogP contribution in [0.3, 0.4) is 0 Å². The molecule has 0 unspecified atom stereocenters. The predicted octanol–water partition coefficient (Wildman–Crippen LogP) is 4.29. The Kier molecular flexibility index (Phi) is 3.74. The molecule has 0 spiro atoms. The molecular formula is C11H8Cl3FN2S. The fraction of sp³-hybridized carbons (Fsp3) is 0.182. The van der Waals surface area contributed by atoms with Crippen molar-refractivity contribution >= 4 is 46.1 Å². The number of rotatable bonds is 1. The monoisotopic (exact) mass is 324 g/mol. The van der Waals surface area contributed by atoms with Gasteiger partial charge in [0.15, 0.2) is 4.80 Å². The van der Waals surface area contributed by atoms with Crippen LogP contribution in [0.2, 0.25) is 0 Å². The number of nitrogens with zero attached hydrogens (tertiary/aromatic N) is 1. The molecule has 0 aliphatic heterocycles. The van der Waals surface area contributed by atoms with Crippen molar-refractivity contribution in [1.82, 2.24) is 4.57 Å². The molecule has 0 aliphatic rings. The highest BCUT2D eigenvalue weighted by molar-refractivity contribution is 7.09. The number of thiazole rings is 1. The van der Waals surface area contributed by atoms with Gasteiger partial charge in [0.2, 0.25) is 3.79 Å². The molecule has 0 aliphatic carbocycles. The molecule has 1 N–H and O–H groups in total. The summed E-state index contributed by atoms with van der Waals surface area (Å²) in [4.78, 5) is 1.30. The van der Waals surface area contributed by atoms with Gasteiger partial charge in [0.25, 0.3) is 0 Å². The molecule has 1 aromatic heterocycles. The van der Waals surface area contributed by atoms with E-state index in [-0.39, 0.29) is 5.56 Å². The topological polar surface area (TPSA) is 28.8 Å². The molecule has 2 nitrogen and oxygen atoms in total. The third kappa shape index (κ3) is 2.72. The normalized spacial score (nSPS) is 11.8. The molecule has 0 atom stereocenters. The molecule has 0 saturated heterocycles. The minimum absolute atomic E-state index is 0.0271. The Labute approximate surface area is 122 Å². The van der Waals surface area contributed by atoms with Crippen molar-refractivity contribution in [3.8, 4) is 5.69 Å². The van der Waals surface area contributed by atoms with Crippen LogP contribution in [-0.2, 0) is 3.79 Å². The Morgan fingerprint density at radius 1 is 1.33 bits per heavy atom. The van der Waals surface area contributed by atoms with Crippen LogP contribution in [-0.4, -0.2) is 4.57 Å². The average Bonchev–Trinajstić information content (AvgIpc) is 2.57. The first kappa shape index (κ1) is 13.9. The van der Waals surface area contributed by atoms with Crippen molar-refractivity contribution in [3.05, 3.63) is 45.5 Å². The van der Waals surface area contributed by atoms with Crippen LogP contribution < -0.4 is 4.80 Å². The van der Waals surface area contributed by atoms with Crippen LogP contribution in [0.4, 0.5) is 4.39 Å². The van der Waals surface area contributed by atoms with Crippen molar-refractivity contribution in [2.75, 3.05) is 0 Å². The van der Waals surface area contributed by atoms with E-state index in [2.05, 4.69) is 0 Å². The summed E-state index contributed by atoms with van der Waals surface area (Å²) in [5.41, 5.74) is 0.563. The second kappa shape index (κ2) is 4.85. The first-order valence-corrected chi connectivity index (χ1v) is 6.85. The maximum atomic E-state index is 13.6. The molecule has 0 bridgehead atoms. The van der Waals surface area contributed by atoms with E-state index in [0.717, 1.165) is 4.88 Å². The van der Waals surface area contributed by atoms with Gasteiger partial charge in [0.05, 0.1) is 0 Å². The second-order valence-electron chi connectivity index (χ2n) is 3.68. The van der Waals surface area contributed by atoms with E-state index in [1.807, 2.05) is 6.92 Å². The van der Waals surface area contributed by atoms with E-state index < -0.39 is 9.61 Å². The molecule has 0 fully saturated rings. The zero-order valence-corrected chi connectivity index (χ0v) is 12.3. The van der Waals surface area contributed by atoms with Crippen LogP contribution >= 0.6 is 46.1 Å². The molecular weight excluding hydrogens is 318 g/mol. The number of halogens is 4. The minimum Gasteiger partial charge on any atom is -0.293 e. The molecule has 2 aromatic rings. The van der Waals surface area contributed by atoms with Gasteiger partial charge in [-0.15, -0.1) is 11.3 Å². The standard InChI is InChI=1S/C11H8Cl3FN2S/c1-6-5-17(10(16)18-6)7-2-3-9(15)8(4-7)11(12,13)14/h2-5,16H,1H3. The van der Waals surface area contributed by atoms with Crippen molar-refractivity contribution in [2.24, 2.45) is 0 Å². The molecule has 0 saturated carbocycles. The fourth-order valence-electron chi connectivity index (χ4n) is 1.54. The van der Waals surface area contributed by atoms with Crippen molar-refractivity contribution in [1.29, 1.82) is 5.41 Å². The first-order valence-electron chi connectivity index (χ1n) is 4.90. The van der Waals surface area contributed by atoms with Crippen molar-refractivity contribution < 1.29 is 4.39 Å². The molecule has 1 aromatic carbocycles. The summed E-state index contributed by atoms with van der Waals surface area (Å²) in [5, 5.41) is 7.80. The lowest BCUT2D eigenvalue weighted by molar-refractivity contribution is 0.612. The summed E-state index contributed by atoms with van der Waals surface area (Å²) in [5.74, 6) is -0.585. The smallest absolute Gasteiger partial charge is 0.218 e. The van der Waals surface area contributed by atoms with Crippen LogP contribution in [0, 0.1) is 18.2 Å². The van der Waals surface area contributed by atoms with Gasteiger partial charge in [0, 0.05) is 22.3 Å². The predicted molar refractivity (Wildman–Crippen MR) is 73.4 cm³/mol. The lowest BCUT2D eigenvalue weighted by atomic mass is 10.2. The number of alkyl halides is 3. The zero-order valence-electron chi connectivity index (χ0n) is 9.18. The van der Waals surface area contributed by atoms with Crippen LogP contribution in [0.1, 0.15) is 10.4 Å². The molecule has 1 heterocycles. The Morgan fingerprint density at radius 3 is 2.50 bits per heavy atom. The lowest BCUT2D eigenvalue weighted by Crippen LogP contribution is -2.12. The highest BCUT2D eigenvalue weighted by atomic mass is 35.6. The first-order chi connectivity index (χ1) is 8.29. The van der Waals surface area contributed by atoms with Gasteiger partial charge in [-0.3, -0.25) is 9.98 Å². The van der Waals surface area contributed by atoms with Crippen LogP contribution in [0.5, 0.6) is 0 Å². The largest absolute Gasteiger partial charge is 0.293 e. The van der Waals surface area contributed by atoms with Gasteiger partial charge < -0.3 is 0 Å². The third-order valence-corrected chi connectivity index (χ3v) is 3.75. The zero-order chi connectivity index (χ0) is 13.5. The molecule has 96 valence electrons. The summed E-state index contributed by atoms with van der Waals surface area (Å²) in [6, 6.07) is 4.21. The van der Waals surface area contributed by atoms with E-state index in [4.69, 9.17) is 40.2 Å². The number of aryl methyl sites for hydroxylation is 1. The molecule has 0 radical (unpaired) electrons. The average molecular weight is 326 g/mol. The maximum absolute atomic E-state index is 13.6. The molecule has 7 heteroatoms. The Morgan fingerprint density at radius 2 is 2.00 bits per heavy atom. The number of hydrogen-bond acceptors (Lipinski definition) is 2. The van der Waals surface area contributed by atoms with E-state index in [0.29, 0.717) is 10.5 Å². The van der Waals surface area contributed by atoms with Gasteiger partial charge in [-0.05, 0) is 25.1 Å². The van der Waals surface area contributed by atoms with Gasteiger partial charge in [-0.1, -0.05) is 34.8 Å². The number of benzene rings is 1. The van der Waals surface area contributed by atoms with Gasteiger partial charge in [-0.2, -0.15) is 0 Å². The third-order valence-electron chi connectivity index (χ3n) is 2.32. The summed E-state index contributed by atoms with van der Waals surface area (Å²) in [6.45, 7) is 1.89. The van der Waals surface area contributed by atoms with E-state index in [9.17, 15) is 4.39 Å². The fourth-order valence-corrected chi connectivity index (χ4v) is 2.69. The van der Waals surface area contributed by atoms with E-state index in [1.54, 1.807) is 16.8 Å². The Bertz CT molecular complexity index is 642. The molecule has 0 amide bonds. The Hall–Kier alpha value is -0.550. The SMILES string of the molecule is Cc1cn(-c2ccc(F)c(C(Cl)(Cl)Cl)c2)c(=N)s1. The van der Waals surface area contributed by atoms with Gasteiger partial charge in [0.1, 0.15) is 5.82 Å². The summed E-state index contributed by atoms with van der Waals surface area (Å²) in [7, 11) is 0. The van der Waals surface area contributed by atoms with Crippen LogP contribution in [0.15, 0.2) is 24.4 Å². The highest BCUT2D eigenvalue weighted by Gasteiger charge is 2.27. The summed E-state index contributed by atoms with van der Waals surface area (Å²) in [6.07, 6.45) is 1.78. The van der Waals surface area contributed by atoms with Crippen molar-refractivity contribution in [2.45, 2.75) is 10.7 Å². The summed E-state index contributed by atoms with van der Waals surface area (Å²) >= 11 is 18.4. The van der Waals surface area contributed by atoms with Crippen LogP contribution in [0.25, 0.3) is 5.69 Å². The minimum atomic E-state index is -1.83. The van der Waals surface area contributed by atoms with Crippen molar-refractivity contribution in [3.63, 3.8) is 0 Å². The molecule has 18 heavy (non-hydrogen) atoms. The maximum Gasteiger partial charge on any atom is 0.218 e. The number of hydrogen-bond donors (Lipinski definition) is 1. The Balaban J connectivity index is 2.61. The lowest BCUT2D eigenvalue weighted by Gasteiger charge is -2.14. The second-order valence-corrected chi connectivity index (χ2v) is 7.19. The summed E-state index contributed by atoms with van der Waals surface area (Å²) < 4.78 is 13.4. The van der Waals surface area contributed by atoms with E-state index >= 15 is 0 Å². The quantitative estimate of drug-likeness (QED) is 0.758.